The third-order valence-electron chi connectivity index (χ3n) is 4.29. The van der Waals surface area contributed by atoms with E-state index < -0.39 is 0 Å². The van der Waals surface area contributed by atoms with E-state index >= 15 is 0 Å². The summed E-state index contributed by atoms with van der Waals surface area (Å²) < 4.78 is 7.35. The molecular formula is C20H18N4O. The minimum absolute atomic E-state index is 0.823. The molecule has 0 fully saturated rings. The molecule has 0 bridgehead atoms. The molecule has 0 aliphatic rings. The summed E-state index contributed by atoms with van der Waals surface area (Å²) in [6.07, 6.45) is 6.35. The maximum atomic E-state index is 5.26. The lowest BCUT2D eigenvalue weighted by molar-refractivity contribution is 0.415. The van der Waals surface area contributed by atoms with Crippen molar-refractivity contribution in [2.75, 3.05) is 7.11 Å². The lowest BCUT2D eigenvalue weighted by Gasteiger charge is -2.06. The molecule has 1 aromatic carbocycles. The number of methoxy groups -OCH3 is 1. The Hall–Kier alpha value is -3.21. The molecule has 124 valence electrons. The lowest BCUT2D eigenvalue weighted by atomic mass is 10.1. The highest BCUT2D eigenvalue weighted by molar-refractivity contribution is 5.80. The molecule has 0 aliphatic carbocycles. The van der Waals surface area contributed by atoms with Crippen molar-refractivity contribution in [3.63, 3.8) is 0 Å². The first-order valence-electron chi connectivity index (χ1n) is 8.22. The summed E-state index contributed by atoms with van der Waals surface area (Å²) in [5.41, 5.74) is 5.90. The van der Waals surface area contributed by atoms with Crippen LogP contribution in [0.4, 0.5) is 0 Å². The number of fused-ring (bicyclic) bond motifs is 1. The summed E-state index contributed by atoms with van der Waals surface area (Å²) in [5, 5.41) is 0. The average Bonchev–Trinajstić information content (AvgIpc) is 3.07. The van der Waals surface area contributed by atoms with Gasteiger partial charge in [0.15, 0.2) is 0 Å². The van der Waals surface area contributed by atoms with Gasteiger partial charge in [0.2, 0.25) is 0 Å². The van der Waals surface area contributed by atoms with Crippen LogP contribution in [-0.2, 0) is 6.42 Å². The topological polar surface area (TPSA) is 52.3 Å². The lowest BCUT2D eigenvalue weighted by Crippen LogP contribution is -1.93. The summed E-state index contributed by atoms with van der Waals surface area (Å²) in [6.45, 7) is 2.14. The van der Waals surface area contributed by atoms with E-state index in [2.05, 4.69) is 39.6 Å². The molecule has 0 atom stereocenters. The standard InChI is InChI=1S/C20H18N4O/c1-3-14-9-11-24-18(12-14)23-19(15-4-6-16(25-2)7-5-15)20(24)17-8-10-21-13-22-17/h4-13H,3H2,1-2H3. The molecule has 0 amide bonds. The first-order valence-corrected chi connectivity index (χ1v) is 8.22. The average molecular weight is 330 g/mol. The maximum Gasteiger partial charge on any atom is 0.138 e. The Morgan fingerprint density at radius 3 is 2.60 bits per heavy atom. The normalized spacial score (nSPS) is 11.0. The predicted octanol–water partition coefficient (Wildman–Crippen LogP) is 4.03. The number of imidazole rings is 1. The van der Waals surface area contributed by atoms with Crippen LogP contribution in [0.5, 0.6) is 5.75 Å². The Bertz CT molecular complexity index is 1010. The van der Waals surface area contributed by atoms with Gasteiger partial charge < -0.3 is 4.74 Å². The van der Waals surface area contributed by atoms with Crippen molar-refractivity contribution in [2.24, 2.45) is 0 Å². The maximum absolute atomic E-state index is 5.26. The van der Waals surface area contributed by atoms with Crippen LogP contribution in [0, 0.1) is 0 Å². The largest absolute Gasteiger partial charge is 0.497 e. The fourth-order valence-corrected chi connectivity index (χ4v) is 2.93. The van der Waals surface area contributed by atoms with Crippen molar-refractivity contribution in [3.8, 4) is 28.4 Å². The van der Waals surface area contributed by atoms with Crippen LogP contribution >= 0.6 is 0 Å². The summed E-state index contributed by atoms with van der Waals surface area (Å²) in [7, 11) is 1.67. The number of benzene rings is 1. The Balaban J connectivity index is 1.98. The van der Waals surface area contributed by atoms with Gasteiger partial charge in [-0.25, -0.2) is 15.0 Å². The van der Waals surface area contributed by atoms with Gasteiger partial charge in [0.05, 0.1) is 24.2 Å². The molecule has 0 radical (unpaired) electrons. The fourth-order valence-electron chi connectivity index (χ4n) is 2.93. The molecule has 0 N–H and O–H groups in total. The molecule has 3 aromatic heterocycles. The Morgan fingerprint density at radius 2 is 1.92 bits per heavy atom. The fraction of sp³-hybridized carbons (Fsp3) is 0.150. The van der Waals surface area contributed by atoms with E-state index in [0.29, 0.717) is 0 Å². The van der Waals surface area contributed by atoms with E-state index in [0.717, 1.165) is 40.5 Å². The molecule has 0 spiro atoms. The van der Waals surface area contributed by atoms with E-state index in [1.807, 2.05) is 30.3 Å². The zero-order valence-corrected chi connectivity index (χ0v) is 14.2. The molecule has 0 saturated heterocycles. The molecular weight excluding hydrogens is 312 g/mol. The van der Waals surface area contributed by atoms with Gasteiger partial charge in [0.25, 0.3) is 0 Å². The Labute approximate surface area is 146 Å². The molecule has 5 heteroatoms. The summed E-state index contributed by atoms with van der Waals surface area (Å²) in [5.74, 6) is 0.823. The number of hydrogen-bond acceptors (Lipinski definition) is 4. The third kappa shape index (κ3) is 2.74. The van der Waals surface area contributed by atoms with E-state index in [1.165, 1.54) is 5.56 Å². The minimum Gasteiger partial charge on any atom is -0.497 e. The molecule has 3 heterocycles. The van der Waals surface area contributed by atoms with Gasteiger partial charge in [0.1, 0.15) is 17.7 Å². The predicted molar refractivity (Wildman–Crippen MR) is 97.6 cm³/mol. The molecule has 25 heavy (non-hydrogen) atoms. The van der Waals surface area contributed by atoms with Crippen molar-refractivity contribution >= 4 is 5.65 Å². The monoisotopic (exact) mass is 330 g/mol. The van der Waals surface area contributed by atoms with Gasteiger partial charge in [-0.05, 0) is 54.4 Å². The number of aryl methyl sites for hydroxylation is 1. The van der Waals surface area contributed by atoms with E-state index in [1.54, 1.807) is 19.6 Å². The van der Waals surface area contributed by atoms with Crippen LogP contribution in [0.3, 0.4) is 0 Å². The molecule has 4 rings (SSSR count). The number of pyridine rings is 1. The van der Waals surface area contributed by atoms with Gasteiger partial charge in [-0.3, -0.25) is 4.40 Å². The second-order valence-corrected chi connectivity index (χ2v) is 5.75. The molecule has 5 nitrogen and oxygen atoms in total. The van der Waals surface area contributed by atoms with Gasteiger partial charge in [-0.1, -0.05) is 6.92 Å². The summed E-state index contributed by atoms with van der Waals surface area (Å²) in [4.78, 5) is 13.4. The second-order valence-electron chi connectivity index (χ2n) is 5.75. The van der Waals surface area contributed by atoms with Gasteiger partial charge in [-0.2, -0.15) is 0 Å². The zero-order chi connectivity index (χ0) is 17.2. The van der Waals surface area contributed by atoms with Crippen molar-refractivity contribution < 1.29 is 4.74 Å². The van der Waals surface area contributed by atoms with Gasteiger partial charge in [0, 0.05) is 18.0 Å². The third-order valence-corrected chi connectivity index (χ3v) is 4.29. The van der Waals surface area contributed by atoms with Crippen LogP contribution in [0.2, 0.25) is 0 Å². The number of hydrogen-bond donors (Lipinski definition) is 0. The molecule has 0 aliphatic heterocycles. The van der Waals surface area contributed by atoms with E-state index in [4.69, 9.17) is 9.72 Å². The summed E-state index contributed by atoms with van der Waals surface area (Å²) in [6, 6.07) is 14.1. The minimum atomic E-state index is 0.823. The number of nitrogens with zero attached hydrogens (tertiary/aromatic N) is 4. The highest BCUT2D eigenvalue weighted by Crippen LogP contribution is 2.32. The number of rotatable bonds is 4. The van der Waals surface area contributed by atoms with Crippen molar-refractivity contribution in [1.82, 2.24) is 19.4 Å². The van der Waals surface area contributed by atoms with Crippen LogP contribution in [-0.4, -0.2) is 26.5 Å². The van der Waals surface area contributed by atoms with E-state index in [-0.39, 0.29) is 0 Å². The first-order chi connectivity index (χ1) is 12.3. The Morgan fingerprint density at radius 1 is 1.08 bits per heavy atom. The number of aromatic nitrogens is 4. The SMILES string of the molecule is CCc1ccn2c(-c3ccncn3)c(-c3ccc(OC)cc3)nc2c1. The summed E-state index contributed by atoms with van der Waals surface area (Å²) >= 11 is 0. The van der Waals surface area contributed by atoms with Crippen molar-refractivity contribution in [2.45, 2.75) is 13.3 Å². The molecule has 0 unspecified atom stereocenters. The van der Waals surface area contributed by atoms with Crippen LogP contribution in [0.15, 0.2) is 61.2 Å². The van der Waals surface area contributed by atoms with Crippen LogP contribution < -0.4 is 4.74 Å². The van der Waals surface area contributed by atoms with Crippen LogP contribution in [0.25, 0.3) is 28.3 Å². The highest BCUT2D eigenvalue weighted by Gasteiger charge is 2.17. The molecule has 0 saturated carbocycles. The first kappa shape index (κ1) is 15.3. The second kappa shape index (κ2) is 6.36. The van der Waals surface area contributed by atoms with Gasteiger partial charge >= 0.3 is 0 Å². The smallest absolute Gasteiger partial charge is 0.138 e. The van der Waals surface area contributed by atoms with Crippen LogP contribution in [0.1, 0.15) is 12.5 Å². The van der Waals surface area contributed by atoms with E-state index in [9.17, 15) is 0 Å². The quantitative estimate of drug-likeness (QED) is 0.567. The van der Waals surface area contributed by atoms with Crippen molar-refractivity contribution in [3.05, 3.63) is 66.7 Å². The van der Waals surface area contributed by atoms with Crippen molar-refractivity contribution in [1.29, 1.82) is 0 Å². The molecule has 4 aromatic rings. The zero-order valence-electron chi connectivity index (χ0n) is 14.2. The highest BCUT2D eigenvalue weighted by atomic mass is 16.5. The number of ether oxygens (including phenoxy) is 1. The van der Waals surface area contributed by atoms with Gasteiger partial charge in [-0.15, -0.1) is 0 Å². The Kier molecular flexibility index (Phi) is 3.90.